The lowest BCUT2D eigenvalue weighted by Crippen LogP contribution is -2.28. The number of carbonyl (C=O) groups excluding carboxylic acids is 2. The second-order valence-corrected chi connectivity index (χ2v) is 18.6. The highest BCUT2D eigenvalue weighted by atomic mass is 16.6. The maximum atomic E-state index is 12.3. The Morgan fingerprint density at radius 2 is 0.642 bits per heavy atom. The monoisotopic (exact) mass is 931 g/mol. The molecule has 5 nitrogen and oxygen atoms in total. The van der Waals surface area contributed by atoms with E-state index in [1.54, 1.807) is 0 Å². The lowest BCUT2D eigenvalue weighted by molar-refractivity contribution is -0.161. The minimum Gasteiger partial charge on any atom is -0.462 e. The standard InChI is InChI=1S/C62H106O5/c1-3-5-7-9-11-13-15-17-19-21-22-23-24-25-26-27-28-29-30-31-32-33-34-35-36-37-38-39-40-41-43-45-47-49-51-53-55-57-62(65)67-60(58-63)59-66-61(64)56-54-52-50-48-46-44-42-20-18-16-14-12-10-8-6-4-2/h5,7,11,13-14,16-17,19-20,22-23,25-26,28-29,42,60,63H,3-4,6,8-10,12,15,18,21,24,27,30-41,43-59H2,1-2H3/b7-5-,13-11-,16-14-,19-17-,23-22-,26-25-,29-28-,42-20-. The van der Waals surface area contributed by atoms with E-state index >= 15 is 0 Å². The Morgan fingerprint density at radius 3 is 0.970 bits per heavy atom. The molecule has 0 heterocycles. The van der Waals surface area contributed by atoms with Gasteiger partial charge in [-0.05, 0) is 96.3 Å². The van der Waals surface area contributed by atoms with Gasteiger partial charge in [0.25, 0.3) is 0 Å². The predicted molar refractivity (Wildman–Crippen MR) is 292 cm³/mol. The van der Waals surface area contributed by atoms with E-state index < -0.39 is 6.10 Å². The molecular formula is C62H106O5. The molecule has 1 unspecified atom stereocenters. The van der Waals surface area contributed by atoms with Crippen molar-refractivity contribution in [2.45, 2.75) is 270 Å². The largest absolute Gasteiger partial charge is 0.462 e. The molecule has 0 radical (unpaired) electrons. The Hall–Kier alpha value is -3.18. The number of aliphatic hydroxyl groups is 1. The van der Waals surface area contributed by atoms with Crippen molar-refractivity contribution in [3.05, 3.63) is 97.2 Å². The van der Waals surface area contributed by atoms with Crippen LogP contribution in [0.4, 0.5) is 0 Å². The molecule has 0 rings (SSSR count). The third kappa shape index (κ3) is 55.3. The van der Waals surface area contributed by atoms with Crippen LogP contribution in [-0.2, 0) is 19.1 Å². The van der Waals surface area contributed by atoms with Gasteiger partial charge >= 0.3 is 11.9 Å². The second-order valence-electron chi connectivity index (χ2n) is 18.6. The lowest BCUT2D eigenvalue weighted by Gasteiger charge is -2.15. The normalized spacial score (nSPS) is 12.9. The summed E-state index contributed by atoms with van der Waals surface area (Å²) < 4.78 is 10.7. The third-order valence-corrected chi connectivity index (χ3v) is 12.1. The van der Waals surface area contributed by atoms with E-state index in [9.17, 15) is 14.7 Å². The van der Waals surface area contributed by atoms with Crippen LogP contribution >= 0.6 is 0 Å². The molecule has 0 bridgehead atoms. The van der Waals surface area contributed by atoms with Crippen LogP contribution in [0.1, 0.15) is 264 Å². The summed E-state index contributed by atoms with van der Waals surface area (Å²) in [5.41, 5.74) is 0. The number of hydrogen-bond donors (Lipinski definition) is 1. The van der Waals surface area contributed by atoms with E-state index in [2.05, 4.69) is 111 Å². The third-order valence-electron chi connectivity index (χ3n) is 12.1. The Morgan fingerprint density at radius 1 is 0.358 bits per heavy atom. The van der Waals surface area contributed by atoms with Crippen LogP contribution in [0.5, 0.6) is 0 Å². The van der Waals surface area contributed by atoms with Gasteiger partial charge in [-0.2, -0.15) is 0 Å². The summed E-state index contributed by atoms with van der Waals surface area (Å²) >= 11 is 0. The van der Waals surface area contributed by atoms with Crippen molar-refractivity contribution in [3.63, 3.8) is 0 Å². The molecule has 1 atom stereocenters. The zero-order valence-electron chi connectivity index (χ0n) is 43.9. The Balaban J connectivity index is 3.48. The van der Waals surface area contributed by atoms with Crippen LogP contribution < -0.4 is 0 Å². The predicted octanol–water partition coefficient (Wildman–Crippen LogP) is 19.1. The topological polar surface area (TPSA) is 72.8 Å². The molecule has 67 heavy (non-hydrogen) atoms. The van der Waals surface area contributed by atoms with Crippen LogP contribution in [0.25, 0.3) is 0 Å². The van der Waals surface area contributed by atoms with Crippen molar-refractivity contribution < 1.29 is 24.2 Å². The molecule has 0 spiro atoms. The molecule has 5 heteroatoms. The van der Waals surface area contributed by atoms with Gasteiger partial charge in [0.05, 0.1) is 6.61 Å². The van der Waals surface area contributed by atoms with Crippen molar-refractivity contribution in [2.24, 2.45) is 0 Å². The van der Waals surface area contributed by atoms with Crippen LogP contribution in [-0.4, -0.2) is 36.4 Å². The lowest BCUT2D eigenvalue weighted by atomic mass is 10.0. The average molecular weight is 932 g/mol. The zero-order chi connectivity index (χ0) is 48.5. The smallest absolute Gasteiger partial charge is 0.306 e. The Kier molecular flexibility index (Phi) is 54.4. The molecule has 0 aliphatic rings. The summed E-state index contributed by atoms with van der Waals surface area (Å²) in [6.45, 7) is 4.01. The van der Waals surface area contributed by atoms with Gasteiger partial charge in [0.15, 0.2) is 6.10 Å². The van der Waals surface area contributed by atoms with Crippen molar-refractivity contribution >= 4 is 11.9 Å². The van der Waals surface area contributed by atoms with Crippen molar-refractivity contribution in [3.8, 4) is 0 Å². The molecular weight excluding hydrogens is 825 g/mol. The van der Waals surface area contributed by atoms with Gasteiger partial charge in [-0.3, -0.25) is 9.59 Å². The number of esters is 2. The molecule has 0 aromatic rings. The van der Waals surface area contributed by atoms with Crippen molar-refractivity contribution in [1.82, 2.24) is 0 Å². The second kappa shape index (κ2) is 57.1. The highest BCUT2D eigenvalue weighted by Gasteiger charge is 2.16. The number of ether oxygens (including phenoxy) is 2. The molecule has 384 valence electrons. The minimum absolute atomic E-state index is 0.0742. The molecule has 0 saturated carbocycles. The summed E-state index contributed by atoms with van der Waals surface area (Å²) in [6, 6.07) is 0. The highest BCUT2D eigenvalue weighted by Crippen LogP contribution is 2.16. The number of allylic oxidation sites excluding steroid dienone is 16. The first-order valence-corrected chi connectivity index (χ1v) is 28.3. The summed E-state index contributed by atoms with van der Waals surface area (Å²) in [7, 11) is 0. The molecule has 0 aliphatic carbocycles. The van der Waals surface area contributed by atoms with Crippen molar-refractivity contribution in [2.75, 3.05) is 13.2 Å². The molecule has 0 aromatic carbocycles. The van der Waals surface area contributed by atoms with E-state index in [1.165, 1.54) is 148 Å². The van der Waals surface area contributed by atoms with Gasteiger partial charge in [-0.15, -0.1) is 0 Å². The number of carbonyl (C=O) groups is 2. The summed E-state index contributed by atoms with van der Waals surface area (Å²) in [5.74, 6) is -0.602. The Labute approximate surface area is 415 Å². The fourth-order valence-electron chi connectivity index (χ4n) is 7.88. The van der Waals surface area contributed by atoms with E-state index in [0.717, 1.165) is 89.9 Å². The van der Waals surface area contributed by atoms with E-state index in [-0.39, 0.29) is 25.2 Å². The van der Waals surface area contributed by atoms with Crippen LogP contribution in [0.15, 0.2) is 97.2 Å². The van der Waals surface area contributed by atoms with Gasteiger partial charge in [0.1, 0.15) is 6.61 Å². The number of aliphatic hydroxyl groups excluding tert-OH is 1. The summed E-state index contributed by atoms with van der Waals surface area (Å²) in [6.07, 6.45) is 81.0. The molecule has 0 aromatic heterocycles. The maximum absolute atomic E-state index is 12.3. The van der Waals surface area contributed by atoms with Crippen LogP contribution in [0.2, 0.25) is 0 Å². The Bertz CT molecular complexity index is 1280. The minimum atomic E-state index is -0.781. The van der Waals surface area contributed by atoms with E-state index in [0.29, 0.717) is 12.8 Å². The number of unbranched alkanes of at least 4 members (excludes halogenated alkanes) is 27. The molecule has 0 fully saturated rings. The highest BCUT2D eigenvalue weighted by molar-refractivity contribution is 5.70. The maximum Gasteiger partial charge on any atom is 0.306 e. The molecule has 1 N–H and O–H groups in total. The van der Waals surface area contributed by atoms with Crippen molar-refractivity contribution in [1.29, 1.82) is 0 Å². The van der Waals surface area contributed by atoms with Crippen LogP contribution in [0.3, 0.4) is 0 Å². The quantitative estimate of drug-likeness (QED) is 0.0374. The first kappa shape index (κ1) is 63.8. The van der Waals surface area contributed by atoms with Gasteiger partial charge in [-0.1, -0.05) is 252 Å². The fourth-order valence-corrected chi connectivity index (χ4v) is 7.88. The SMILES string of the molecule is CC/C=C\C/C=C\C/C=C\C/C=C\C/C=C\C/C=C\CCCCCCCCCCCCCCCCCCCCC(=O)OC(CO)COC(=O)CCCCCCC/C=C\C/C=C\CCCCCC. The fraction of sp³-hybridized carbons (Fsp3) is 0.710. The van der Waals surface area contributed by atoms with Gasteiger partial charge in [-0.25, -0.2) is 0 Å². The molecule has 0 saturated heterocycles. The summed E-state index contributed by atoms with van der Waals surface area (Å²) in [4.78, 5) is 24.5. The first-order chi connectivity index (χ1) is 33.1. The molecule has 0 aliphatic heterocycles. The van der Waals surface area contributed by atoms with Crippen LogP contribution in [0, 0.1) is 0 Å². The van der Waals surface area contributed by atoms with Gasteiger partial charge in [0, 0.05) is 12.8 Å². The summed E-state index contributed by atoms with van der Waals surface area (Å²) in [5, 5.41) is 9.63. The average Bonchev–Trinajstić information content (AvgIpc) is 3.33. The van der Waals surface area contributed by atoms with Gasteiger partial charge in [0.2, 0.25) is 0 Å². The zero-order valence-corrected chi connectivity index (χ0v) is 43.9. The molecule has 0 amide bonds. The number of hydrogen-bond acceptors (Lipinski definition) is 5. The van der Waals surface area contributed by atoms with E-state index in [4.69, 9.17) is 9.47 Å². The van der Waals surface area contributed by atoms with E-state index in [1.807, 2.05) is 0 Å². The first-order valence-electron chi connectivity index (χ1n) is 28.3. The van der Waals surface area contributed by atoms with Gasteiger partial charge < -0.3 is 14.6 Å². The number of rotatable bonds is 51.